The molecular formula is C17H15F2NO3S. The lowest BCUT2D eigenvalue weighted by Gasteiger charge is -2.11. The predicted molar refractivity (Wildman–Crippen MR) is 88.7 cm³/mol. The van der Waals surface area contributed by atoms with E-state index in [2.05, 4.69) is 5.32 Å². The summed E-state index contributed by atoms with van der Waals surface area (Å²) in [7, 11) is 0. The number of anilines is 1. The van der Waals surface area contributed by atoms with E-state index in [-0.39, 0.29) is 24.0 Å². The van der Waals surface area contributed by atoms with Gasteiger partial charge in [0.1, 0.15) is 5.82 Å². The minimum atomic E-state index is -0.867. The molecular weight excluding hydrogens is 336 g/mol. The molecule has 126 valence electrons. The molecule has 1 amide bonds. The molecule has 2 aromatic rings. The minimum absolute atomic E-state index is 0.190. The molecule has 2 aromatic carbocycles. The Morgan fingerprint density at radius 1 is 1.17 bits per heavy atom. The van der Waals surface area contributed by atoms with E-state index in [1.165, 1.54) is 18.7 Å². The Bertz CT molecular complexity index is 780. The zero-order valence-corrected chi connectivity index (χ0v) is 13.9. The van der Waals surface area contributed by atoms with E-state index in [9.17, 15) is 18.4 Å². The molecule has 24 heavy (non-hydrogen) atoms. The maximum atomic E-state index is 13.5. The van der Waals surface area contributed by atoms with E-state index in [0.29, 0.717) is 17.3 Å². The first kappa shape index (κ1) is 17.9. The van der Waals surface area contributed by atoms with Gasteiger partial charge in [0.15, 0.2) is 24.0 Å². The first-order chi connectivity index (χ1) is 11.4. The molecule has 0 spiro atoms. The fourth-order valence-corrected chi connectivity index (χ4v) is 2.56. The highest BCUT2D eigenvalue weighted by Crippen LogP contribution is 2.27. The molecule has 1 N–H and O–H groups in total. The van der Waals surface area contributed by atoms with Crippen LogP contribution in [0, 0.1) is 11.6 Å². The van der Waals surface area contributed by atoms with Gasteiger partial charge >= 0.3 is 0 Å². The van der Waals surface area contributed by atoms with Crippen molar-refractivity contribution in [3.8, 4) is 5.75 Å². The number of thioether (sulfide) groups is 1. The second-order valence-electron chi connectivity index (χ2n) is 4.88. The molecule has 0 saturated carbocycles. The minimum Gasteiger partial charge on any atom is -0.482 e. The maximum Gasteiger partial charge on any atom is 0.221 e. The highest BCUT2D eigenvalue weighted by molar-refractivity contribution is 7.98. The van der Waals surface area contributed by atoms with Gasteiger partial charge in [-0.1, -0.05) is 0 Å². The second kappa shape index (κ2) is 7.92. The van der Waals surface area contributed by atoms with Gasteiger partial charge in [-0.15, -0.1) is 11.8 Å². The second-order valence-corrected chi connectivity index (χ2v) is 5.73. The molecule has 0 aliphatic heterocycles. The van der Waals surface area contributed by atoms with Crippen LogP contribution in [0.5, 0.6) is 5.75 Å². The van der Waals surface area contributed by atoms with Gasteiger partial charge < -0.3 is 10.1 Å². The number of ether oxygens (including phenoxy) is 1. The van der Waals surface area contributed by atoms with Crippen LogP contribution in [0.1, 0.15) is 17.3 Å². The molecule has 0 aliphatic rings. The zero-order chi connectivity index (χ0) is 17.7. The van der Waals surface area contributed by atoms with Crippen LogP contribution < -0.4 is 10.1 Å². The normalized spacial score (nSPS) is 10.3. The lowest BCUT2D eigenvalue weighted by atomic mass is 10.1. The van der Waals surface area contributed by atoms with Gasteiger partial charge in [0, 0.05) is 23.4 Å². The quantitative estimate of drug-likeness (QED) is 0.633. The molecule has 0 fully saturated rings. The SMILES string of the molecule is CSc1cc(C(=O)COc2ccc(F)cc2F)ccc1NC(C)=O. The predicted octanol–water partition coefficient (Wildman–Crippen LogP) is 3.91. The highest BCUT2D eigenvalue weighted by Gasteiger charge is 2.13. The molecule has 0 saturated heterocycles. The van der Waals surface area contributed by atoms with Crippen molar-refractivity contribution < 1.29 is 23.1 Å². The summed E-state index contributed by atoms with van der Waals surface area (Å²) in [6.07, 6.45) is 1.82. The van der Waals surface area contributed by atoms with Crippen LogP contribution in [0.3, 0.4) is 0 Å². The Kier molecular flexibility index (Phi) is 5.92. The smallest absolute Gasteiger partial charge is 0.221 e. The summed E-state index contributed by atoms with van der Waals surface area (Å²) >= 11 is 1.38. The topological polar surface area (TPSA) is 55.4 Å². The van der Waals surface area contributed by atoms with Crippen LogP contribution in [-0.2, 0) is 4.79 Å². The average molecular weight is 351 g/mol. The largest absolute Gasteiger partial charge is 0.482 e. The molecule has 4 nitrogen and oxygen atoms in total. The summed E-state index contributed by atoms with van der Waals surface area (Å²) in [4.78, 5) is 24.1. The Morgan fingerprint density at radius 2 is 1.92 bits per heavy atom. The number of hydrogen-bond donors (Lipinski definition) is 1. The molecule has 0 aromatic heterocycles. The summed E-state index contributed by atoms with van der Waals surface area (Å²) in [5, 5.41) is 2.67. The van der Waals surface area contributed by atoms with E-state index in [4.69, 9.17) is 4.74 Å². The van der Waals surface area contributed by atoms with E-state index < -0.39 is 11.6 Å². The fourth-order valence-electron chi connectivity index (χ4n) is 1.98. The Balaban J connectivity index is 2.10. The number of rotatable bonds is 6. The number of hydrogen-bond acceptors (Lipinski definition) is 4. The Labute approximate surface area is 142 Å². The Hall–Kier alpha value is -2.41. The number of carbonyl (C=O) groups excluding carboxylic acids is 2. The third-order valence-electron chi connectivity index (χ3n) is 3.09. The van der Waals surface area contributed by atoms with Crippen molar-refractivity contribution in [1.82, 2.24) is 0 Å². The first-order valence-electron chi connectivity index (χ1n) is 6.97. The van der Waals surface area contributed by atoms with Crippen LogP contribution in [0.2, 0.25) is 0 Å². The van der Waals surface area contributed by atoms with E-state index >= 15 is 0 Å². The summed E-state index contributed by atoms with van der Waals surface area (Å²) < 4.78 is 31.4. The van der Waals surface area contributed by atoms with Crippen molar-refractivity contribution >= 4 is 29.1 Å². The lowest BCUT2D eigenvalue weighted by molar-refractivity contribution is -0.114. The number of halogens is 2. The number of amides is 1. The number of benzene rings is 2. The summed E-state index contributed by atoms with van der Waals surface area (Å²) in [5.74, 6) is -2.34. The third kappa shape index (κ3) is 4.55. The van der Waals surface area contributed by atoms with Gasteiger partial charge in [0.2, 0.25) is 5.91 Å². The van der Waals surface area contributed by atoms with Gasteiger partial charge in [0.25, 0.3) is 0 Å². The van der Waals surface area contributed by atoms with Crippen LogP contribution in [0.4, 0.5) is 14.5 Å². The van der Waals surface area contributed by atoms with Crippen LogP contribution in [0.25, 0.3) is 0 Å². The zero-order valence-electron chi connectivity index (χ0n) is 13.1. The molecule has 0 aliphatic carbocycles. The number of nitrogens with one attached hydrogen (secondary N) is 1. The molecule has 0 atom stereocenters. The maximum absolute atomic E-state index is 13.5. The number of ketones is 1. The van der Waals surface area contributed by atoms with Gasteiger partial charge in [0.05, 0.1) is 5.69 Å². The van der Waals surface area contributed by atoms with Crippen molar-refractivity contribution in [1.29, 1.82) is 0 Å². The van der Waals surface area contributed by atoms with Crippen molar-refractivity contribution in [3.63, 3.8) is 0 Å². The van der Waals surface area contributed by atoms with E-state index in [0.717, 1.165) is 17.0 Å². The summed E-state index contributed by atoms with van der Waals surface area (Å²) in [6.45, 7) is 1.02. The van der Waals surface area contributed by atoms with Crippen molar-refractivity contribution in [2.24, 2.45) is 0 Å². The van der Waals surface area contributed by atoms with Crippen molar-refractivity contribution in [3.05, 3.63) is 53.6 Å². The number of Topliss-reactive ketones (excluding diaryl/α,β-unsaturated/α-hetero) is 1. The molecule has 0 radical (unpaired) electrons. The van der Waals surface area contributed by atoms with Crippen molar-refractivity contribution in [2.45, 2.75) is 11.8 Å². The number of carbonyl (C=O) groups is 2. The molecule has 0 unspecified atom stereocenters. The van der Waals surface area contributed by atoms with Gasteiger partial charge in [-0.25, -0.2) is 8.78 Å². The highest BCUT2D eigenvalue weighted by atomic mass is 32.2. The summed E-state index contributed by atoms with van der Waals surface area (Å²) in [5.41, 5.74) is 0.980. The van der Waals surface area contributed by atoms with Gasteiger partial charge in [-0.3, -0.25) is 9.59 Å². The summed E-state index contributed by atoms with van der Waals surface area (Å²) in [6, 6.07) is 7.68. The molecule has 2 rings (SSSR count). The van der Waals surface area contributed by atoms with Crippen LogP contribution in [-0.4, -0.2) is 24.6 Å². The van der Waals surface area contributed by atoms with Gasteiger partial charge in [-0.2, -0.15) is 0 Å². The van der Waals surface area contributed by atoms with E-state index in [1.54, 1.807) is 18.2 Å². The standard InChI is InChI=1S/C17H15F2NO3S/c1-10(21)20-14-5-3-11(7-17(14)24-2)15(22)9-23-16-6-4-12(18)8-13(16)19/h3-8H,9H2,1-2H3,(H,20,21). The van der Waals surface area contributed by atoms with Crippen molar-refractivity contribution in [2.75, 3.05) is 18.2 Å². The van der Waals surface area contributed by atoms with Crippen LogP contribution in [0.15, 0.2) is 41.3 Å². The fraction of sp³-hybridized carbons (Fsp3) is 0.176. The monoisotopic (exact) mass is 351 g/mol. The Morgan fingerprint density at radius 3 is 2.54 bits per heavy atom. The van der Waals surface area contributed by atoms with Gasteiger partial charge in [-0.05, 0) is 36.6 Å². The molecule has 0 heterocycles. The average Bonchev–Trinajstić information content (AvgIpc) is 2.53. The lowest BCUT2D eigenvalue weighted by Crippen LogP contribution is -2.13. The van der Waals surface area contributed by atoms with Crippen LogP contribution >= 0.6 is 11.8 Å². The third-order valence-corrected chi connectivity index (χ3v) is 3.86. The molecule has 7 heteroatoms. The first-order valence-corrected chi connectivity index (χ1v) is 8.20. The molecule has 0 bridgehead atoms. The van der Waals surface area contributed by atoms with E-state index in [1.807, 2.05) is 6.26 Å².